The minimum atomic E-state index is -0.409. The molecule has 0 spiro atoms. The van der Waals surface area contributed by atoms with E-state index in [2.05, 4.69) is 16.8 Å². The molecule has 0 unspecified atom stereocenters. The standard InChI is InChI=1S/C24H25FN4OS/c1-2-15-29-22(19-11-13-20(25)14-12-19)26-27-24(29)31-21(18-9-5-3-6-10-18)23(30)28-16-7-4-8-17-28/h2-3,5-6,9-14,21H,1,4,7-8,15-17H2/t21-/m1/s1. The molecule has 1 atom stereocenters. The summed E-state index contributed by atoms with van der Waals surface area (Å²) in [5.41, 5.74) is 1.71. The summed E-state index contributed by atoms with van der Waals surface area (Å²) in [7, 11) is 0. The van der Waals surface area contributed by atoms with E-state index in [1.807, 2.05) is 39.8 Å². The van der Waals surface area contributed by atoms with Gasteiger partial charge in [0, 0.05) is 25.2 Å². The summed E-state index contributed by atoms with van der Waals surface area (Å²) in [5, 5.41) is 8.97. The molecule has 5 nitrogen and oxygen atoms in total. The molecule has 160 valence electrons. The van der Waals surface area contributed by atoms with Crippen LogP contribution < -0.4 is 0 Å². The molecule has 0 aliphatic carbocycles. The van der Waals surface area contributed by atoms with Crippen LogP contribution >= 0.6 is 11.8 Å². The number of hydrogen-bond donors (Lipinski definition) is 0. The summed E-state index contributed by atoms with van der Waals surface area (Å²) in [5.74, 6) is 0.427. The van der Waals surface area contributed by atoms with E-state index in [0.29, 0.717) is 17.5 Å². The Labute approximate surface area is 186 Å². The number of amides is 1. The third-order valence-electron chi connectivity index (χ3n) is 5.35. The third kappa shape index (κ3) is 4.88. The molecule has 4 rings (SSSR count). The highest BCUT2D eigenvalue weighted by atomic mass is 32.2. The van der Waals surface area contributed by atoms with E-state index in [0.717, 1.165) is 37.1 Å². The second-order valence-electron chi connectivity index (χ2n) is 7.51. The minimum Gasteiger partial charge on any atom is -0.341 e. The monoisotopic (exact) mass is 436 g/mol. The molecule has 0 saturated carbocycles. The summed E-state index contributed by atoms with van der Waals surface area (Å²) in [6.45, 7) is 5.93. The fourth-order valence-electron chi connectivity index (χ4n) is 3.76. The predicted molar refractivity (Wildman–Crippen MR) is 121 cm³/mol. The summed E-state index contributed by atoms with van der Waals surface area (Å²) in [4.78, 5) is 15.4. The molecule has 2 aromatic carbocycles. The lowest BCUT2D eigenvalue weighted by atomic mass is 10.1. The van der Waals surface area contributed by atoms with E-state index in [9.17, 15) is 9.18 Å². The van der Waals surface area contributed by atoms with Crippen molar-refractivity contribution in [3.8, 4) is 11.4 Å². The summed E-state index contributed by atoms with van der Waals surface area (Å²) < 4.78 is 15.3. The highest BCUT2D eigenvalue weighted by molar-refractivity contribution is 8.00. The molecule has 31 heavy (non-hydrogen) atoms. The maximum Gasteiger partial charge on any atom is 0.240 e. The van der Waals surface area contributed by atoms with E-state index in [1.54, 1.807) is 18.2 Å². The van der Waals surface area contributed by atoms with Gasteiger partial charge in [0.25, 0.3) is 0 Å². The molecule has 0 bridgehead atoms. The molecule has 1 aliphatic heterocycles. The number of nitrogens with zero attached hydrogens (tertiary/aromatic N) is 4. The maximum absolute atomic E-state index is 13.5. The molecular formula is C24H25FN4OS. The normalized spacial score (nSPS) is 14.9. The zero-order valence-electron chi connectivity index (χ0n) is 17.3. The van der Waals surface area contributed by atoms with Gasteiger partial charge in [-0.1, -0.05) is 48.2 Å². The topological polar surface area (TPSA) is 51.0 Å². The van der Waals surface area contributed by atoms with Crippen LogP contribution in [0, 0.1) is 5.82 Å². The van der Waals surface area contributed by atoms with E-state index in [-0.39, 0.29) is 11.7 Å². The number of carbonyl (C=O) groups excluding carboxylic acids is 1. The van der Waals surface area contributed by atoms with Crippen LogP contribution in [-0.4, -0.2) is 38.7 Å². The fraction of sp³-hybridized carbons (Fsp3) is 0.292. The van der Waals surface area contributed by atoms with Crippen molar-refractivity contribution in [3.63, 3.8) is 0 Å². The van der Waals surface area contributed by atoms with E-state index < -0.39 is 5.25 Å². The van der Waals surface area contributed by atoms with Crippen LogP contribution in [0.2, 0.25) is 0 Å². The first kappa shape index (κ1) is 21.3. The number of benzene rings is 2. The molecule has 1 saturated heterocycles. The highest BCUT2D eigenvalue weighted by Crippen LogP contribution is 2.37. The van der Waals surface area contributed by atoms with Crippen LogP contribution in [0.3, 0.4) is 0 Å². The van der Waals surface area contributed by atoms with Gasteiger partial charge in [-0.05, 0) is 49.1 Å². The fourth-order valence-corrected chi connectivity index (χ4v) is 4.89. The number of halogens is 1. The quantitative estimate of drug-likeness (QED) is 0.381. The first-order chi connectivity index (χ1) is 15.2. The Morgan fingerprint density at radius 2 is 1.77 bits per heavy atom. The lowest BCUT2D eigenvalue weighted by molar-refractivity contribution is -0.131. The van der Waals surface area contributed by atoms with E-state index in [1.165, 1.54) is 30.3 Å². The van der Waals surface area contributed by atoms with Gasteiger partial charge in [0.15, 0.2) is 11.0 Å². The van der Waals surface area contributed by atoms with Gasteiger partial charge in [0.05, 0.1) is 0 Å². The van der Waals surface area contributed by atoms with Crippen molar-refractivity contribution in [1.82, 2.24) is 19.7 Å². The van der Waals surface area contributed by atoms with Crippen molar-refractivity contribution in [2.75, 3.05) is 13.1 Å². The van der Waals surface area contributed by atoms with Crippen LogP contribution in [0.5, 0.6) is 0 Å². The van der Waals surface area contributed by atoms with Gasteiger partial charge in [0.2, 0.25) is 5.91 Å². The van der Waals surface area contributed by atoms with Crippen molar-refractivity contribution in [1.29, 1.82) is 0 Å². The number of hydrogen-bond acceptors (Lipinski definition) is 4. The predicted octanol–water partition coefficient (Wildman–Crippen LogP) is 5.12. The first-order valence-corrected chi connectivity index (χ1v) is 11.4. The molecular weight excluding hydrogens is 411 g/mol. The second-order valence-corrected chi connectivity index (χ2v) is 8.58. The summed E-state index contributed by atoms with van der Waals surface area (Å²) in [6.07, 6.45) is 5.02. The Hall–Kier alpha value is -2.93. The average molecular weight is 437 g/mol. The minimum absolute atomic E-state index is 0.104. The molecule has 3 aromatic rings. The number of piperidine rings is 1. The van der Waals surface area contributed by atoms with Crippen molar-refractivity contribution in [3.05, 3.63) is 78.6 Å². The van der Waals surface area contributed by atoms with Gasteiger partial charge in [-0.2, -0.15) is 0 Å². The zero-order chi connectivity index (χ0) is 21.6. The van der Waals surface area contributed by atoms with Gasteiger partial charge in [-0.25, -0.2) is 4.39 Å². The summed E-state index contributed by atoms with van der Waals surface area (Å²) >= 11 is 1.41. The van der Waals surface area contributed by atoms with E-state index in [4.69, 9.17) is 0 Å². The Morgan fingerprint density at radius 1 is 1.06 bits per heavy atom. The Kier molecular flexibility index (Phi) is 6.82. The second kappa shape index (κ2) is 9.92. The molecule has 0 N–H and O–H groups in total. The van der Waals surface area contributed by atoms with Gasteiger partial charge in [-0.3, -0.25) is 9.36 Å². The van der Waals surface area contributed by atoms with Crippen molar-refractivity contribution in [2.45, 2.75) is 36.2 Å². The van der Waals surface area contributed by atoms with Crippen molar-refractivity contribution >= 4 is 17.7 Å². The number of thioether (sulfide) groups is 1. The lowest BCUT2D eigenvalue weighted by Gasteiger charge is -2.30. The first-order valence-electron chi connectivity index (χ1n) is 10.5. The number of carbonyl (C=O) groups is 1. The molecule has 1 amide bonds. The number of allylic oxidation sites excluding steroid dienone is 1. The Bertz CT molecular complexity index is 1030. The molecule has 7 heteroatoms. The molecule has 2 heterocycles. The molecule has 1 aliphatic rings. The van der Waals surface area contributed by atoms with Crippen LogP contribution in [0.25, 0.3) is 11.4 Å². The van der Waals surface area contributed by atoms with Gasteiger partial charge < -0.3 is 4.90 Å². The van der Waals surface area contributed by atoms with Crippen molar-refractivity contribution < 1.29 is 9.18 Å². The van der Waals surface area contributed by atoms with Gasteiger partial charge >= 0.3 is 0 Å². The highest BCUT2D eigenvalue weighted by Gasteiger charge is 2.30. The van der Waals surface area contributed by atoms with Crippen molar-refractivity contribution in [2.24, 2.45) is 0 Å². The number of rotatable bonds is 7. The largest absolute Gasteiger partial charge is 0.341 e. The van der Waals surface area contributed by atoms with Crippen LogP contribution in [0.15, 0.2) is 72.4 Å². The number of aromatic nitrogens is 3. The Balaban J connectivity index is 1.68. The molecule has 0 radical (unpaired) electrons. The van der Waals surface area contributed by atoms with Crippen LogP contribution in [-0.2, 0) is 11.3 Å². The number of likely N-dealkylation sites (tertiary alicyclic amines) is 1. The van der Waals surface area contributed by atoms with E-state index >= 15 is 0 Å². The zero-order valence-corrected chi connectivity index (χ0v) is 18.1. The Morgan fingerprint density at radius 3 is 2.45 bits per heavy atom. The lowest BCUT2D eigenvalue weighted by Crippen LogP contribution is -2.38. The van der Waals surface area contributed by atoms with Crippen LogP contribution in [0.1, 0.15) is 30.1 Å². The summed E-state index contributed by atoms with van der Waals surface area (Å²) in [6, 6.07) is 16.0. The smallest absolute Gasteiger partial charge is 0.240 e. The average Bonchev–Trinajstić information content (AvgIpc) is 3.21. The maximum atomic E-state index is 13.5. The SMILES string of the molecule is C=CCn1c(S[C@@H](C(=O)N2CCCCC2)c2ccccc2)nnc1-c1ccc(F)cc1. The van der Waals surface area contributed by atoms with Crippen LogP contribution in [0.4, 0.5) is 4.39 Å². The molecule has 1 aromatic heterocycles. The van der Waals surface area contributed by atoms with Gasteiger partial charge in [-0.15, -0.1) is 16.8 Å². The molecule has 1 fully saturated rings. The third-order valence-corrected chi connectivity index (χ3v) is 6.57. The van der Waals surface area contributed by atoms with Gasteiger partial charge in [0.1, 0.15) is 11.1 Å².